The fourth-order valence-corrected chi connectivity index (χ4v) is 2.40. The van der Waals surface area contributed by atoms with Gasteiger partial charge in [-0.15, -0.1) is 0 Å². The molecule has 0 aliphatic carbocycles. The van der Waals surface area contributed by atoms with Crippen molar-refractivity contribution in [2.24, 2.45) is 7.05 Å². The number of amides is 2. The second-order valence-corrected chi connectivity index (χ2v) is 5.52. The number of carbonyl (C=O) groups is 2. The highest BCUT2D eigenvalue weighted by Crippen LogP contribution is 2.32. The molecule has 7 heteroatoms. The number of benzene rings is 1. The summed E-state index contributed by atoms with van der Waals surface area (Å²) in [5.41, 5.74) is 2.49. The Bertz CT molecular complexity index is 782. The second-order valence-electron chi connectivity index (χ2n) is 5.52. The van der Waals surface area contributed by atoms with Crippen LogP contribution in [0.3, 0.4) is 0 Å². The zero-order valence-electron chi connectivity index (χ0n) is 13.6. The number of rotatable bonds is 3. The van der Waals surface area contributed by atoms with E-state index >= 15 is 0 Å². The molecule has 1 aromatic carbocycles. The molecule has 0 radical (unpaired) electrons. The summed E-state index contributed by atoms with van der Waals surface area (Å²) in [7, 11) is 1.91. The number of fused-ring (bicyclic) bond motifs is 1. The fraction of sp³-hybridized carbons (Fsp3) is 0.294. The molecule has 2 amide bonds. The van der Waals surface area contributed by atoms with Crippen molar-refractivity contribution in [3.63, 3.8) is 0 Å². The van der Waals surface area contributed by atoms with Gasteiger partial charge in [-0.2, -0.15) is 0 Å². The first-order chi connectivity index (χ1) is 11.5. The van der Waals surface area contributed by atoms with Crippen LogP contribution < -0.4 is 20.1 Å². The number of hydrogen-bond donors (Lipinski definition) is 2. The number of nitrogens with zero attached hydrogens (tertiary/aromatic N) is 1. The van der Waals surface area contributed by atoms with E-state index in [1.807, 2.05) is 30.7 Å². The van der Waals surface area contributed by atoms with Gasteiger partial charge < -0.3 is 24.7 Å². The maximum absolute atomic E-state index is 12.0. The summed E-state index contributed by atoms with van der Waals surface area (Å²) in [6.45, 7) is 3.22. The third-order valence-corrected chi connectivity index (χ3v) is 3.91. The van der Waals surface area contributed by atoms with E-state index < -0.39 is 11.8 Å². The Morgan fingerprint density at radius 2 is 1.83 bits per heavy atom. The molecule has 0 fully saturated rings. The molecular formula is C17H19N3O4. The first-order valence-electron chi connectivity index (χ1n) is 7.64. The Kier molecular flexibility index (Phi) is 4.41. The highest BCUT2D eigenvalue weighted by atomic mass is 16.6. The van der Waals surface area contributed by atoms with Crippen LogP contribution in [0.15, 0.2) is 30.3 Å². The smallest absolute Gasteiger partial charge is 0.313 e. The molecule has 0 bridgehead atoms. The van der Waals surface area contributed by atoms with Crippen molar-refractivity contribution in [1.29, 1.82) is 0 Å². The third kappa shape index (κ3) is 3.34. The number of aromatic nitrogens is 1. The lowest BCUT2D eigenvalue weighted by molar-refractivity contribution is -0.136. The number of anilines is 1. The molecule has 3 rings (SSSR count). The van der Waals surface area contributed by atoms with Crippen LogP contribution >= 0.6 is 0 Å². The number of carbonyl (C=O) groups excluding carboxylic acids is 2. The molecule has 7 nitrogen and oxygen atoms in total. The van der Waals surface area contributed by atoms with Crippen molar-refractivity contribution >= 4 is 17.5 Å². The molecule has 0 unspecified atom stereocenters. The lowest BCUT2D eigenvalue weighted by atomic mass is 10.2. The Hall–Kier alpha value is -2.96. The molecule has 2 N–H and O–H groups in total. The highest BCUT2D eigenvalue weighted by Gasteiger charge is 2.17. The Labute approximate surface area is 139 Å². The van der Waals surface area contributed by atoms with Gasteiger partial charge in [0, 0.05) is 30.2 Å². The number of aryl methyl sites for hydroxylation is 1. The van der Waals surface area contributed by atoms with Gasteiger partial charge in [-0.25, -0.2) is 0 Å². The first-order valence-corrected chi connectivity index (χ1v) is 7.64. The van der Waals surface area contributed by atoms with Crippen LogP contribution in [0.25, 0.3) is 0 Å². The largest absolute Gasteiger partial charge is 0.486 e. The quantitative estimate of drug-likeness (QED) is 0.833. The minimum absolute atomic E-state index is 0.289. The van der Waals surface area contributed by atoms with Crippen molar-refractivity contribution < 1.29 is 19.1 Å². The minimum Gasteiger partial charge on any atom is -0.486 e. The van der Waals surface area contributed by atoms with Crippen molar-refractivity contribution in [3.8, 4) is 11.5 Å². The van der Waals surface area contributed by atoms with E-state index in [4.69, 9.17) is 9.47 Å². The first kappa shape index (κ1) is 15.9. The molecule has 0 saturated carbocycles. The van der Waals surface area contributed by atoms with E-state index in [-0.39, 0.29) is 6.54 Å². The summed E-state index contributed by atoms with van der Waals surface area (Å²) in [6.07, 6.45) is 0. The van der Waals surface area contributed by atoms with Gasteiger partial charge in [-0.1, -0.05) is 0 Å². The monoisotopic (exact) mass is 329 g/mol. The molecule has 0 spiro atoms. The number of hydrogen-bond acceptors (Lipinski definition) is 4. The summed E-state index contributed by atoms with van der Waals surface area (Å²) >= 11 is 0. The normalized spacial score (nSPS) is 12.6. The van der Waals surface area contributed by atoms with E-state index in [1.54, 1.807) is 18.2 Å². The molecule has 1 aromatic heterocycles. The number of ether oxygens (including phenoxy) is 2. The van der Waals surface area contributed by atoms with Gasteiger partial charge >= 0.3 is 11.8 Å². The summed E-state index contributed by atoms with van der Waals surface area (Å²) < 4.78 is 12.8. The standard InChI is InChI=1S/C17H19N3O4/c1-11-3-5-13(20(11)2)10-18-16(21)17(22)19-12-4-6-14-15(9-12)24-8-7-23-14/h3-6,9H,7-8,10H2,1-2H3,(H,18,21)(H,19,22). The average molecular weight is 329 g/mol. The maximum atomic E-state index is 12.0. The zero-order valence-corrected chi connectivity index (χ0v) is 13.6. The predicted molar refractivity (Wildman–Crippen MR) is 88.1 cm³/mol. The van der Waals surface area contributed by atoms with Gasteiger partial charge in [0.05, 0.1) is 6.54 Å². The fourth-order valence-electron chi connectivity index (χ4n) is 2.40. The molecule has 1 aliphatic heterocycles. The van der Waals surface area contributed by atoms with Gasteiger partial charge in [-0.3, -0.25) is 9.59 Å². The summed E-state index contributed by atoms with van der Waals surface area (Å²) in [5, 5.41) is 5.16. The highest BCUT2D eigenvalue weighted by molar-refractivity contribution is 6.39. The Morgan fingerprint density at radius 1 is 1.08 bits per heavy atom. The summed E-state index contributed by atoms with van der Waals surface area (Å²) in [5.74, 6) is -0.233. The summed E-state index contributed by atoms with van der Waals surface area (Å²) in [6, 6.07) is 8.87. The van der Waals surface area contributed by atoms with Gasteiger partial charge in [-0.05, 0) is 31.2 Å². The lowest BCUT2D eigenvalue weighted by Crippen LogP contribution is -2.35. The van der Waals surface area contributed by atoms with Crippen LogP contribution in [0.1, 0.15) is 11.4 Å². The molecule has 0 atom stereocenters. The topological polar surface area (TPSA) is 81.6 Å². The van der Waals surface area contributed by atoms with E-state index in [9.17, 15) is 9.59 Å². The van der Waals surface area contributed by atoms with Crippen LogP contribution in [0, 0.1) is 6.92 Å². The molecule has 24 heavy (non-hydrogen) atoms. The lowest BCUT2D eigenvalue weighted by Gasteiger charge is -2.18. The summed E-state index contributed by atoms with van der Waals surface area (Å²) in [4.78, 5) is 23.9. The second kappa shape index (κ2) is 6.66. The number of nitrogens with one attached hydrogen (secondary N) is 2. The van der Waals surface area contributed by atoms with Gasteiger partial charge in [0.25, 0.3) is 0 Å². The molecule has 126 valence electrons. The molecular weight excluding hydrogens is 310 g/mol. The van der Waals surface area contributed by atoms with Crippen LogP contribution in [-0.4, -0.2) is 29.6 Å². The minimum atomic E-state index is -0.724. The third-order valence-electron chi connectivity index (χ3n) is 3.91. The predicted octanol–water partition coefficient (Wildman–Crippen LogP) is 1.36. The molecule has 2 heterocycles. The van der Waals surface area contributed by atoms with Crippen molar-refractivity contribution in [2.75, 3.05) is 18.5 Å². The maximum Gasteiger partial charge on any atom is 0.313 e. The average Bonchev–Trinajstić information content (AvgIpc) is 2.91. The van der Waals surface area contributed by atoms with E-state index in [1.165, 1.54) is 0 Å². The SMILES string of the molecule is Cc1ccc(CNC(=O)C(=O)Nc2ccc3c(c2)OCCO3)n1C. The van der Waals surface area contributed by atoms with Crippen molar-refractivity contribution in [2.45, 2.75) is 13.5 Å². The van der Waals surface area contributed by atoms with Crippen LogP contribution in [-0.2, 0) is 23.2 Å². The van der Waals surface area contributed by atoms with Crippen LogP contribution in [0.5, 0.6) is 11.5 Å². The molecule has 2 aromatic rings. The van der Waals surface area contributed by atoms with Crippen molar-refractivity contribution in [1.82, 2.24) is 9.88 Å². The van der Waals surface area contributed by atoms with Crippen LogP contribution in [0.2, 0.25) is 0 Å². The zero-order chi connectivity index (χ0) is 17.1. The van der Waals surface area contributed by atoms with Gasteiger partial charge in [0.2, 0.25) is 0 Å². The molecule has 1 aliphatic rings. The van der Waals surface area contributed by atoms with E-state index in [0.717, 1.165) is 11.4 Å². The van der Waals surface area contributed by atoms with Crippen LogP contribution in [0.4, 0.5) is 5.69 Å². The van der Waals surface area contributed by atoms with E-state index in [0.29, 0.717) is 30.4 Å². The Morgan fingerprint density at radius 3 is 2.54 bits per heavy atom. The van der Waals surface area contributed by atoms with E-state index in [2.05, 4.69) is 10.6 Å². The van der Waals surface area contributed by atoms with Crippen molar-refractivity contribution in [3.05, 3.63) is 41.7 Å². The van der Waals surface area contributed by atoms with Gasteiger partial charge in [0.1, 0.15) is 13.2 Å². The Balaban J connectivity index is 1.58. The van der Waals surface area contributed by atoms with Gasteiger partial charge in [0.15, 0.2) is 11.5 Å². The molecule has 0 saturated heterocycles.